The Balaban J connectivity index is 1.55. The van der Waals surface area contributed by atoms with Gasteiger partial charge in [0.25, 0.3) is 0 Å². The highest BCUT2D eigenvalue weighted by Gasteiger charge is 2.41. The molecule has 2 aliphatic carbocycles. The third kappa shape index (κ3) is 3.71. The number of halogens is 1. The van der Waals surface area contributed by atoms with Gasteiger partial charge in [-0.15, -0.1) is 0 Å². The summed E-state index contributed by atoms with van der Waals surface area (Å²) in [5.74, 6) is -0.435. The van der Waals surface area contributed by atoms with Crippen molar-refractivity contribution < 1.29 is 19.1 Å². The quantitative estimate of drug-likeness (QED) is 0.593. The van der Waals surface area contributed by atoms with Crippen LogP contribution in [-0.4, -0.2) is 24.1 Å². The number of benzene rings is 1. The van der Waals surface area contributed by atoms with E-state index in [0.717, 1.165) is 23.7 Å². The minimum atomic E-state index is -0.335. The van der Waals surface area contributed by atoms with E-state index in [1.807, 2.05) is 6.07 Å². The Bertz CT molecular complexity index is 624. The van der Waals surface area contributed by atoms with E-state index in [9.17, 15) is 14.4 Å². The number of carbonyl (C=O) groups excluding carboxylic acids is 3. The molecule has 2 aliphatic rings. The first-order valence-electron chi connectivity index (χ1n) is 8.03. The second-order valence-corrected chi connectivity index (χ2v) is 7.35. The molecular formula is C18H19BrO4. The molecule has 1 aromatic rings. The van der Waals surface area contributed by atoms with Crippen LogP contribution in [0.3, 0.4) is 0 Å². The van der Waals surface area contributed by atoms with Gasteiger partial charge in [0.05, 0.1) is 5.92 Å². The van der Waals surface area contributed by atoms with Gasteiger partial charge in [-0.3, -0.25) is 14.4 Å². The summed E-state index contributed by atoms with van der Waals surface area (Å²) in [5, 5.41) is 0. The Kier molecular flexibility index (Phi) is 4.95. The van der Waals surface area contributed by atoms with E-state index in [2.05, 4.69) is 15.9 Å². The molecule has 3 rings (SSSR count). The highest BCUT2D eigenvalue weighted by atomic mass is 79.9. The molecule has 0 spiro atoms. The molecule has 0 radical (unpaired) electrons. The molecule has 2 saturated carbocycles. The molecule has 0 saturated heterocycles. The molecule has 23 heavy (non-hydrogen) atoms. The van der Waals surface area contributed by atoms with Gasteiger partial charge in [-0.25, -0.2) is 0 Å². The van der Waals surface area contributed by atoms with Crippen molar-refractivity contribution in [2.45, 2.75) is 32.1 Å². The molecule has 0 aliphatic heterocycles. The molecule has 2 bridgehead atoms. The van der Waals surface area contributed by atoms with Crippen LogP contribution < -0.4 is 0 Å². The monoisotopic (exact) mass is 378 g/mol. The zero-order chi connectivity index (χ0) is 16.4. The fourth-order valence-electron chi connectivity index (χ4n) is 3.67. The molecular weight excluding hydrogens is 360 g/mol. The zero-order valence-corrected chi connectivity index (χ0v) is 14.4. The highest BCUT2D eigenvalue weighted by Crippen LogP contribution is 2.40. The number of carbonyl (C=O) groups is 3. The van der Waals surface area contributed by atoms with E-state index >= 15 is 0 Å². The third-order valence-electron chi connectivity index (χ3n) is 4.87. The molecule has 3 atom stereocenters. The van der Waals surface area contributed by atoms with Crippen molar-refractivity contribution in [2.24, 2.45) is 17.8 Å². The maximum absolute atomic E-state index is 12.2. The van der Waals surface area contributed by atoms with Gasteiger partial charge in [0, 0.05) is 21.9 Å². The second kappa shape index (κ2) is 6.95. The lowest BCUT2D eigenvalue weighted by atomic mass is 9.67. The minimum Gasteiger partial charge on any atom is -0.457 e. The van der Waals surface area contributed by atoms with Gasteiger partial charge in [-0.1, -0.05) is 34.5 Å². The number of ether oxygens (including phenoxy) is 1. The van der Waals surface area contributed by atoms with Crippen LogP contribution in [0, 0.1) is 17.8 Å². The van der Waals surface area contributed by atoms with Crippen molar-refractivity contribution in [2.75, 3.05) is 6.61 Å². The van der Waals surface area contributed by atoms with E-state index < -0.39 is 0 Å². The Hall–Kier alpha value is -1.49. The summed E-state index contributed by atoms with van der Waals surface area (Å²) in [6.07, 6.45) is 4.01. The Morgan fingerprint density at radius 2 is 1.87 bits per heavy atom. The standard InChI is InChI=1S/C18H19BrO4/c19-15-6-2-3-11(9-15)16(20)10-23-18(22)14-7-12-4-1-5-13(8-14)17(12)21/h2-3,6,9,12-14H,1,4-5,7-8,10H2/t12-,13+,14?. The molecule has 0 heterocycles. The number of Topliss-reactive ketones (excluding diaryl/α,β-unsaturated/α-hetero) is 2. The van der Waals surface area contributed by atoms with Crippen LogP contribution in [0.5, 0.6) is 0 Å². The average Bonchev–Trinajstić information content (AvgIpc) is 2.52. The Morgan fingerprint density at radius 1 is 1.17 bits per heavy atom. The van der Waals surface area contributed by atoms with E-state index in [4.69, 9.17) is 4.74 Å². The second-order valence-electron chi connectivity index (χ2n) is 6.44. The number of fused-ring (bicyclic) bond motifs is 2. The van der Waals surface area contributed by atoms with E-state index in [0.29, 0.717) is 24.2 Å². The van der Waals surface area contributed by atoms with Crippen LogP contribution in [0.1, 0.15) is 42.5 Å². The molecule has 5 heteroatoms. The van der Waals surface area contributed by atoms with Gasteiger partial charge >= 0.3 is 5.97 Å². The number of hydrogen-bond acceptors (Lipinski definition) is 4. The van der Waals surface area contributed by atoms with Crippen molar-refractivity contribution in [1.29, 1.82) is 0 Å². The molecule has 2 fully saturated rings. The molecule has 0 amide bonds. The molecule has 1 aromatic carbocycles. The summed E-state index contributed by atoms with van der Waals surface area (Å²) >= 11 is 3.31. The fraction of sp³-hybridized carbons (Fsp3) is 0.500. The number of ketones is 2. The van der Waals surface area contributed by atoms with Crippen LogP contribution in [0.15, 0.2) is 28.7 Å². The van der Waals surface area contributed by atoms with Crippen molar-refractivity contribution in [3.8, 4) is 0 Å². The summed E-state index contributed by atoms with van der Waals surface area (Å²) in [4.78, 5) is 36.4. The summed E-state index contributed by atoms with van der Waals surface area (Å²) < 4.78 is 6.04. The average molecular weight is 379 g/mol. The molecule has 122 valence electrons. The summed E-state index contributed by atoms with van der Waals surface area (Å²) in [7, 11) is 0. The van der Waals surface area contributed by atoms with Crippen LogP contribution in [0.4, 0.5) is 0 Å². The molecule has 1 unspecified atom stereocenters. The smallest absolute Gasteiger partial charge is 0.309 e. The summed E-state index contributed by atoms with van der Waals surface area (Å²) in [6, 6.07) is 7.01. The Morgan fingerprint density at radius 3 is 2.52 bits per heavy atom. The summed E-state index contributed by atoms with van der Waals surface area (Å²) in [5.41, 5.74) is 0.517. The van der Waals surface area contributed by atoms with Crippen molar-refractivity contribution in [1.82, 2.24) is 0 Å². The van der Waals surface area contributed by atoms with Gasteiger partial charge in [0.15, 0.2) is 12.4 Å². The first-order valence-corrected chi connectivity index (χ1v) is 8.83. The van der Waals surface area contributed by atoms with Gasteiger partial charge in [0.1, 0.15) is 5.78 Å². The largest absolute Gasteiger partial charge is 0.457 e. The number of rotatable bonds is 4. The molecule has 0 N–H and O–H groups in total. The maximum Gasteiger partial charge on any atom is 0.309 e. The van der Waals surface area contributed by atoms with Gasteiger partial charge in [-0.05, 0) is 37.8 Å². The van der Waals surface area contributed by atoms with Crippen LogP contribution in [-0.2, 0) is 14.3 Å². The van der Waals surface area contributed by atoms with Crippen molar-refractivity contribution in [3.05, 3.63) is 34.3 Å². The van der Waals surface area contributed by atoms with Gasteiger partial charge < -0.3 is 4.74 Å². The number of esters is 1. The SMILES string of the molecule is O=C(COC(=O)C1C[C@H]2CCC[C@@H](C1)C2=O)c1cccc(Br)c1. The van der Waals surface area contributed by atoms with E-state index in [1.54, 1.807) is 18.2 Å². The predicted molar refractivity (Wildman–Crippen MR) is 88.0 cm³/mol. The Labute approximate surface area is 143 Å². The van der Waals surface area contributed by atoms with Crippen molar-refractivity contribution >= 4 is 33.5 Å². The van der Waals surface area contributed by atoms with Crippen LogP contribution in [0.2, 0.25) is 0 Å². The number of hydrogen-bond donors (Lipinski definition) is 0. The van der Waals surface area contributed by atoms with E-state index in [-0.39, 0.29) is 36.1 Å². The summed E-state index contributed by atoms with van der Waals surface area (Å²) in [6.45, 7) is -0.241. The van der Waals surface area contributed by atoms with Crippen LogP contribution >= 0.6 is 15.9 Å². The lowest BCUT2D eigenvalue weighted by molar-refractivity contribution is -0.152. The normalized spacial score (nSPS) is 26.7. The predicted octanol–water partition coefficient (Wildman–Crippen LogP) is 3.57. The van der Waals surface area contributed by atoms with E-state index in [1.165, 1.54) is 0 Å². The fourth-order valence-corrected chi connectivity index (χ4v) is 4.07. The lowest BCUT2D eigenvalue weighted by Crippen LogP contribution is -2.39. The van der Waals surface area contributed by atoms with Gasteiger partial charge in [-0.2, -0.15) is 0 Å². The zero-order valence-electron chi connectivity index (χ0n) is 12.8. The topological polar surface area (TPSA) is 60.4 Å². The lowest BCUT2D eigenvalue weighted by Gasteiger charge is -2.36. The van der Waals surface area contributed by atoms with Crippen LogP contribution in [0.25, 0.3) is 0 Å². The third-order valence-corrected chi connectivity index (χ3v) is 5.37. The highest BCUT2D eigenvalue weighted by molar-refractivity contribution is 9.10. The van der Waals surface area contributed by atoms with Crippen molar-refractivity contribution in [3.63, 3.8) is 0 Å². The maximum atomic E-state index is 12.2. The molecule has 0 aromatic heterocycles. The first kappa shape index (κ1) is 16.4. The minimum absolute atomic E-state index is 0.0147. The van der Waals surface area contributed by atoms with Gasteiger partial charge in [0.2, 0.25) is 0 Å². The molecule has 4 nitrogen and oxygen atoms in total. The first-order chi connectivity index (χ1) is 11.0.